The standard InChI is InChI=1S/C6H13NO4/c8-1-3-6(11)5(7-3)4(10)2-9/h3-11H,1-2H2/t3-,4-,5+,6-/m0/s1. The number of aliphatic hydroxyl groups is 4. The van der Waals surface area contributed by atoms with Crippen LogP contribution in [-0.4, -0.2) is 57.9 Å². The van der Waals surface area contributed by atoms with E-state index in [-0.39, 0.29) is 19.3 Å². The zero-order chi connectivity index (χ0) is 8.43. The van der Waals surface area contributed by atoms with E-state index in [9.17, 15) is 5.11 Å². The summed E-state index contributed by atoms with van der Waals surface area (Å²) in [5.41, 5.74) is 0. The van der Waals surface area contributed by atoms with Gasteiger partial charge in [-0.25, -0.2) is 0 Å². The fourth-order valence-corrected chi connectivity index (χ4v) is 1.19. The third kappa shape index (κ3) is 1.52. The molecular weight excluding hydrogens is 150 g/mol. The summed E-state index contributed by atoms with van der Waals surface area (Å²) < 4.78 is 0. The van der Waals surface area contributed by atoms with E-state index in [2.05, 4.69) is 5.32 Å². The van der Waals surface area contributed by atoms with Crippen molar-refractivity contribution in [3.8, 4) is 0 Å². The third-order valence-corrected chi connectivity index (χ3v) is 1.99. The van der Waals surface area contributed by atoms with Gasteiger partial charge in [0.05, 0.1) is 37.5 Å². The van der Waals surface area contributed by atoms with Crippen LogP contribution in [0.3, 0.4) is 0 Å². The van der Waals surface area contributed by atoms with Crippen LogP contribution >= 0.6 is 0 Å². The molecule has 5 nitrogen and oxygen atoms in total. The molecule has 0 spiro atoms. The molecule has 4 atom stereocenters. The van der Waals surface area contributed by atoms with Crippen LogP contribution in [0, 0.1) is 0 Å². The Labute approximate surface area is 64.3 Å². The fraction of sp³-hybridized carbons (Fsp3) is 1.00. The van der Waals surface area contributed by atoms with E-state index in [0.29, 0.717) is 0 Å². The molecule has 0 amide bonds. The second-order valence-electron chi connectivity index (χ2n) is 2.72. The molecule has 1 aliphatic rings. The molecule has 1 saturated heterocycles. The van der Waals surface area contributed by atoms with Crippen molar-refractivity contribution < 1.29 is 20.4 Å². The first-order valence-electron chi connectivity index (χ1n) is 3.54. The number of nitrogens with one attached hydrogen (secondary N) is 1. The molecular formula is C6H13NO4. The highest BCUT2D eigenvalue weighted by Crippen LogP contribution is 2.15. The molecule has 1 heterocycles. The Morgan fingerprint density at radius 2 is 2.00 bits per heavy atom. The maximum Gasteiger partial charge on any atom is 0.0949 e. The van der Waals surface area contributed by atoms with Crippen molar-refractivity contribution in [2.24, 2.45) is 0 Å². The van der Waals surface area contributed by atoms with Gasteiger partial charge in [0, 0.05) is 0 Å². The van der Waals surface area contributed by atoms with E-state index in [0.717, 1.165) is 0 Å². The SMILES string of the molecule is OC[C@@H]1N[C@H]([C@@H](O)CO)[C@H]1O. The molecule has 0 unspecified atom stereocenters. The maximum absolute atomic E-state index is 9.18. The summed E-state index contributed by atoms with van der Waals surface area (Å²) in [6.45, 7) is -0.539. The Kier molecular flexibility index (Phi) is 2.80. The van der Waals surface area contributed by atoms with Gasteiger partial charge in [0.1, 0.15) is 0 Å². The van der Waals surface area contributed by atoms with E-state index in [1.165, 1.54) is 0 Å². The lowest BCUT2D eigenvalue weighted by Gasteiger charge is -2.43. The van der Waals surface area contributed by atoms with Gasteiger partial charge in [-0.3, -0.25) is 0 Å². The molecule has 0 aromatic heterocycles. The summed E-state index contributed by atoms with van der Waals surface area (Å²) in [7, 11) is 0. The highest BCUT2D eigenvalue weighted by Gasteiger charge is 2.42. The quantitative estimate of drug-likeness (QED) is 0.306. The Morgan fingerprint density at radius 1 is 1.36 bits per heavy atom. The summed E-state index contributed by atoms with van der Waals surface area (Å²) in [6, 6.07) is -0.863. The minimum Gasteiger partial charge on any atom is -0.395 e. The second kappa shape index (κ2) is 3.46. The van der Waals surface area contributed by atoms with Gasteiger partial charge in [0.15, 0.2) is 0 Å². The van der Waals surface area contributed by atoms with E-state index in [1.54, 1.807) is 0 Å². The third-order valence-electron chi connectivity index (χ3n) is 1.99. The molecule has 5 N–H and O–H groups in total. The molecule has 0 radical (unpaired) electrons. The fourth-order valence-electron chi connectivity index (χ4n) is 1.19. The predicted molar refractivity (Wildman–Crippen MR) is 36.9 cm³/mol. The minimum atomic E-state index is -0.951. The van der Waals surface area contributed by atoms with Gasteiger partial charge >= 0.3 is 0 Å². The van der Waals surface area contributed by atoms with Crippen molar-refractivity contribution in [1.82, 2.24) is 5.32 Å². The summed E-state index contributed by atoms with van der Waals surface area (Å²) in [6.07, 6.45) is -1.71. The van der Waals surface area contributed by atoms with Crippen LogP contribution in [0.15, 0.2) is 0 Å². The van der Waals surface area contributed by atoms with Gasteiger partial charge in [-0.05, 0) is 0 Å². The number of hydrogen-bond donors (Lipinski definition) is 5. The average Bonchev–Trinajstić information content (AvgIpc) is 2.02. The zero-order valence-electron chi connectivity index (χ0n) is 6.01. The average molecular weight is 163 g/mol. The smallest absolute Gasteiger partial charge is 0.0949 e. The first-order chi connectivity index (χ1) is 5.20. The molecule has 11 heavy (non-hydrogen) atoms. The molecule has 5 heteroatoms. The lowest BCUT2D eigenvalue weighted by Crippen LogP contribution is -2.71. The van der Waals surface area contributed by atoms with Gasteiger partial charge in [-0.15, -0.1) is 0 Å². The van der Waals surface area contributed by atoms with E-state index >= 15 is 0 Å². The molecule has 0 bridgehead atoms. The molecule has 1 fully saturated rings. The maximum atomic E-state index is 9.18. The van der Waals surface area contributed by atoms with E-state index < -0.39 is 18.2 Å². The van der Waals surface area contributed by atoms with Crippen molar-refractivity contribution in [1.29, 1.82) is 0 Å². The molecule has 66 valence electrons. The van der Waals surface area contributed by atoms with Crippen molar-refractivity contribution in [3.05, 3.63) is 0 Å². The van der Waals surface area contributed by atoms with Crippen LogP contribution in [0.5, 0.6) is 0 Å². The first kappa shape index (κ1) is 8.89. The monoisotopic (exact) mass is 163 g/mol. The molecule has 0 aliphatic carbocycles. The Morgan fingerprint density at radius 3 is 2.36 bits per heavy atom. The largest absolute Gasteiger partial charge is 0.395 e. The van der Waals surface area contributed by atoms with E-state index in [1.807, 2.05) is 0 Å². The normalized spacial score (nSPS) is 39.8. The first-order valence-corrected chi connectivity index (χ1v) is 3.54. The van der Waals surface area contributed by atoms with Crippen molar-refractivity contribution in [2.45, 2.75) is 24.3 Å². The van der Waals surface area contributed by atoms with Crippen molar-refractivity contribution in [2.75, 3.05) is 13.2 Å². The van der Waals surface area contributed by atoms with Gasteiger partial charge < -0.3 is 25.7 Å². The van der Waals surface area contributed by atoms with E-state index in [4.69, 9.17) is 15.3 Å². The highest BCUT2D eigenvalue weighted by atomic mass is 16.3. The number of aliphatic hydroxyl groups excluding tert-OH is 4. The molecule has 1 rings (SSSR count). The molecule has 0 aromatic carbocycles. The summed E-state index contributed by atoms with van der Waals surface area (Å²) in [5.74, 6) is 0. The highest BCUT2D eigenvalue weighted by molar-refractivity contribution is 5.01. The molecule has 0 aromatic rings. The topological polar surface area (TPSA) is 93.0 Å². The van der Waals surface area contributed by atoms with Gasteiger partial charge in [-0.1, -0.05) is 0 Å². The van der Waals surface area contributed by atoms with Gasteiger partial charge in [0.25, 0.3) is 0 Å². The summed E-state index contributed by atoms with van der Waals surface area (Å²) in [5, 5.41) is 37.9. The van der Waals surface area contributed by atoms with Gasteiger partial charge in [-0.2, -0.15) is 0 Å². The minimum absolute atomic E-state index is 0.157. The van der Waals surface area contributed by atoms with Crippen LogP contribution in [0.4, 0.5) is 0 Å². The lowest BCUT2D eigenvalue weighted by atomic mass is 9.89. The van der Waals surface area contributed by atoms with Crippen LogP contribution in [0.2, 0.25) is 0 Å². The van der Waals surface area contributed by atoms with Crippen LogP contribution < -0.4 is 5.32 Å². The van der Waals surface area contributed by atoms with Crippen molar-refractivity contribution in [3.63, 3.8) is 0 Å². The molecule has 0 saturated carbocycles. The number of hydrogen-bond acceptors (Lipinski definition) is 5. The second-order valence-corrected chi connectivity index (χ2v) is 2.72. The van der Waals surface area contributed by atoms with Crippen LogP contribution in [-0.2, 0) is 0 Å². The Hall–Kier alpha value is -0.200. The summed E-state index contributed by atoms with van der Waals surface area (Å²) >= 11 is 0. The summed E-state index contributed by atoms with van der Waals surface area (Å²) in [4.78, 5) is 0. The Balaban J connectivity index is 2.32. The zero-order valence-corrected chi connectivity index (χ0v) is 6.01. The molecule has 1 aliphatic heterocycles. The lowest BCUT2D eigenvalue weighted by molar-refractivity contribution is -0.0778. The van der Waals surface area contributed by atoms with Gasteiger partial charge in [0.2, 0.25) is 0 Å². The predicted octanol–water partition coefficient (Wildman–Crippen LogP) is -2.97. The van der Waals surface area contributed by atoms with Crippen LogP contribution in [0.1, 0.15) is 0 Å². The van der Waals surface area contributed by atoms with Crippen molar-refractivity contribution >= 4 is 0 Å². The Bertz CT molecular complexity index is 132. The van der Waals surface area contributed by atoms with Crippen LogP contribution in [0.25, 0.3) is 0 Å². The number of rotatable bonds is 3.